The molecular weight excluding hydrogens is 264 g/mol. The van der Waals surface area contributed by atoms with Gasteiger partial charge in [-0.3, -0.25) is 4.79 Å². The predicted octanol–water partition coefficient (Wildman–Crippen LogP) is 0.918. The highest BCUT2D eigenvalue weighted by Gasteiger charge is 2.38. The van der Waals surface area contributed by atoms with Crippen LogP contribution in [-0.2, 0) is 0 Å². The minimum atomic E-state index is -0.467. The first-order valence-corrected chi connectivity index (χ1v) is 6.90. The Morgan fingerprint density at radius 2 is 2.37 bits per heavy atom. The second kappa shape index (κ2) is 4.43. The smallest absolute Gasteiger partial charge is 0.264 e. The van der Waals surface area contributed by atoms with E-state index in [4.69, 9.17) is 5.73 Å². The van der Waals surface area contributed by atoms with Gasteiger partial charge in [0.25, 0.3) is 5.91 Å². The lowest BCUT2D eigenvalue weighted by molar-refractivity contribution is 0.0646. The Kier molecular flexibility index (Phi) is 2.87. The number of carbonyl (C=O) groups excluding carboxylic acids is 1. The summed E-state index contributed by atoms with van der Waals surface area (Å²) < 4.78 is 0. The van der Waals surface area contributed by atoms with Crippen molar-refractivity contribution >= 4 is 33.1 Å². The number of rotatable bonds is 3. The van der Waals surface area contributed by atoms with Crippen LogP contribution in [0.1, 0.15) is 28.9 Å². The van der Waals surface area contributed by atoms with Gasteiger partial charge in [-0.2, -0.15) is 5.10 Å². The molecule has 2 heterocycles. The van der Waals surface area contributed by atoms with Gasteiger partial charge in [0, 0.05) is 5.39 Å². The minimum absolute atomic E-state index is 0.0383. The molecule has 2 aromatic rings. The largest absolute Gasteiger partial charge is 0.397 e. The molecule has 2 aromatic heterocycles. The molecule has 7 heteroatoms. The summed E-state index contributed by atoms with van der Waals surface area (Å²) in [6, 6.07) is 1.75. The van der Waals surface area contributed by atoms with Crippen LogP contribution in [0.4, 0.5) is 5.69 Å². The number of fused-ring (bicyclic) bond motifs is 1. The van der Waals surface area contributed by atoms with Gasteiger partial charge in [0.2, 0.25) is 0 Å². The van der Waals surface area contributed by atoms with Gasteiger partial charge in [0.05, 0.1) is 24.0 Å². The average molecular weight is 278 g/mol. The molecule has 0 saturated heterocycles. The van der Waals surface area contributed by atoms with Crippen LogP contribution >= 0.6 is 11.3 Å². The number of amides is 1. The molecule has 6 nitrogen and oxygen atoms in total. The molecule has 3 rings (SSSR count). The SMILES string of the molecule is Nc1c(C(=O)NC2(CO)CCC2)sc2nnccc12. The van der Waals surface area contributed by atoms with E-state index in [9.17, 15) is 9.90 Å². The van der Waals surface area contributed by atoms with Gasteiger partial charge in [-0.15, -0.1) is 16.4 Å². The number of nitrogen functional groups attached to an aromatic ring is 1. The number of thiophene rings is 1. The fourth-order valence-electron chi connectivity index (χ4n) is 2.27. The molecule has 0 aromatic carbocycles. The van der Waals surface area contributed by atoms with Crippen LogP contribution in [0.15, 0.2) is 12.3 Å². The number of aliphatic hydroxyl groups is 1. The molecule has 100 valence electrons. The van der Waals surface area contributed by atoms with Gasteiger partial charge < -0.3 is 16.2 Å². The van der Waals surface area contributed by atoms with Crippen LogP contribution in [0.2, 0.25) is 0 Å². The average Bonchev–Trinajstić information content (AvgIpc) is 2.72. The van der Waals surface area contributed by atoms with Crippen LogP contribution < -0.4 is 11.1 Å². The van der Waals surface area contributed by atoms with Crippen molar-refractivity contribution in [2.45, 2.75) is 24.8 Å². The molecule has 1 saturated carbocycles. The third-order valence-electron chi connectivity index (χ3n) is 3.62. The van der Waals surface area contributed by atoms with E-state index in [1.54, 1.807) is 12.3 Å². The molecule has 0 radical (unpaired) electrons. The number of aromatic nitrogens is 2. The van der Waals surface area contributed by atoms with Gasteiger partial charge in [-0.25, -0.2) is 0 Å². The van der Waals surface area contributed by atoms with Crippen molar-refractivity contribution in [1.82, 2.24) is 15.5 Å². The summed E-state index contributed by atoms with van der Waals surface area (Å²) in [6.07, 6.45) is 4.18. The first kappa shape index (κ1) is 12.3. The van der Waals surface area contributed by atoms with E-state index in [2.05, 4.69) is 15.5 Å². The van der Waals surface area contributed by atoms with Gasteiger partial charge in [-0.1, -0.05) is 0 Å². The standard InChI is InChI=1S/C12H14N4O2S/c13-8-7-2-5-14-16-11(7)19-9(8)10(18)15-12(6-17)3-1-4-12/h2,5,17H,1,3-4,6,13H2,(H,15,18). The van der Waals surface area contributed by atoms with E-state index >= 15 is 0 Å². The minimum Gasteiger partial charge on any atom is -0.397 e. The van der Waals surface area contributed by atoms with E-state index in [1.807, 2.05) is 0 Å². The van der Waals surface area contributed by atoms with Crippen molar-refractivity contribution < 1.29 is 9.90 Å². The van der Waals surface area contributed by atoms with Crippen molar-refractivity contribution in [3.05, 3.63) is 17.1 Å². The van der Waals surface area contributed by atoms with Gasteiger partial charge >= 0.3 is 0 Å². The van der Waals surface area contributed by atoms with Crippen LogP contribution in [0, 0.1) is 0 Å². The maximum atomic E-state index is 12.3. The highest BCUT2D eigenvalue weighted by atomic mass is 32.1. The summed E-state index contributed by atoms with van der Waals surface area (Å²) in [6.45, 7) is -0.0383. The number of anilines is 1. The van der Waals surface area contributed by atoms with Crippen LogP contribution in [0.5, 0.6) is 0 Å². The molecule has 0 spiro atoms. The summed E-state index contributed by atoms with van der Waals surface area (Å²) in [5.41, 5.74) is 5.94. The molecule has 0 bridgehead atoms. The number of carbonyl (C=O) groups is 1. The molecule has 4 N–H and O–H groups in total. The summed E-state index contributed by atoms with van der Waals surface area (Å²) in [4.78, 5) is 13.4. The maximum absolute atomic E-state index is 12.3. The fourth-order valence-corrected chi connectivity index (χ4v) is 3.20. The lowest BCUT2D eigenvalue weighted by Gasteiger charge is -2.40. The third-order valence-corrected chi connectivity index (χ3v) is 4.72. The zero-order valence-corrected chi connectivity index (χ0v) is 11.0. The molecular formula is C12H14N4O2S. The van der Waals surface area contributed by atoms with Crippen molar-refractivity contribution in [3.8, 4) is 0 Å². The van der Waals surface area contributed by atoms with E-state index in [-0.39, 0.29) is 12.5 Å². The van der Waals surface area contributed by atoms with Crippen molar-refractivity contribution in [2.75, 3.05) is 12.3 Å². The lowest BCUT2D eigenvalue weighted by atomic mass is 9.77. The Bertz CT molecular complexity index is 630. The van der Waals surface area contributed by atoms with Gasteiger partial charge in [0.15, 0.2) is 0 Å². The van der Waals surface area contributed by atoms with E-state index in [0.717, 1.165) is 24.6 Å². The van der Waals surface area contributed by atoms with Crippen LogP contribution in [0.3, 0.4) is 0 Å². The first-order valence-electron chi connectivity index (χ1n) is 6.08. The topological polar surface area (TPSA) is 101 Å². The van der Waals surface area contributed by atoms with Crippen molar-refractivity contribution in [1.29, 1.82) is 0 Å². The van der Waals surface area contributed by atoms with Crippen LogP contribution in [-0.4, -0.2) is 33.4 Å². The van der Waals surface area contributed by atoms with Crippen molar-refractivity contribution in [2.24, 2.45) is 0 Å². The molecule has 19 heavy (non-hydrogen) atoms. The highest BCUT2D eigenvalue weighted by molar-refractivity contribution is 7.21. The number of aliphatic hydroxyl groups excluding tert-OH is 1. The molecule has 0 aliphatic heterocycles. The zero-order valence-electron chi connectivity index (χ0n) is 10.2. The Morgan fingerprint density at radius 1 is 1.58 bits per heavy atom. The Balaban J connectivity index is 1.91. The molecule has 1 amide bonds. The number of nitrogens with one attached hydrogen (secondary N) is 1. The summed E-state index contributed by atoms with van der Waals surface area (Å²) >= 11 is 1.23. The normalized spacial score (nSPS) is 17.1. The fraction of sp³-hybridized carbons (Fsp3) is 0.417. The van der Waals surface area contributed by atoms with E-state index in [1.165, 1.54) is 11.3 Å². The maximum Gasteiger partial charge on any atom is 0.264 e. The molecule has 0 atom stereocenters. The van der Waals surface area contributed by atoms with Gasteiger partial charge in [-0.05, 0) is 25.3 Å². The van der Waals surface area contributed by atoms with Crippen LogP contribution in [0.25, 0.3) is 10.2 Å². The molecule has 0 unspecified atom stereocenters. The summed E-state index contributed by atoms with van der Waals surface area (Å²) in [5.74, 6) is -0.241. The number of nitrogens with two attached hydrogens (primary N) is 1. The summed E-state index contributed by atoms with van der Waals surface area (Å²) in [7, 11) is 0. The predicted molar refractivity (Wildman–Crippen MR) is 73.0 cm³/mol. The molecule has 1 aliphatic rings. The monoisotopic (exact) mass is 278 g/mol. The first-order chi connectivity index (χ1) is 9.15. The van der Waals surface area contributed by atoms with Gasteiger partial charge in [0.1, 0.15) is 9.71 Å². The van der Waals surface area contributed by atoms with E-state index < -0.39 is 5.54 Å². The van der Waals surface area contributed by atoms with Crippen molar-refractivity contribution in [3.63, 3.8) is 0 Å². The number of nitrogens with zero attached hydrogens (tertiary/aromatic N) is 2. The zero-order chi connectivity index (χ0) is 13.5. The lowest BCUT2D eigenvalue weighted by Crippen LogP contribution is -2.56. The second-order valence-electron chi connectivity index (χ2n) is 4.84. The number of hydrogen-bond donors (Lipinski definition) is 3. The Hall–Kier alpha value is -1.73. The molecule has 1 aliphatic carbocycles. The second-order valence-corrected chi connectivity index (χ2v) is 5.84. The quantitative estimate of drug-likeness (QED) is 0.775. The molecule has 1 fully saturated rings. The Morgan fingerprint density at radius 3 is 2.95 bits per heavy atom. The summed E-state index contributed by atoms with van der Waals surface area (Å²) in [5, 5.41) is 20.7. The Labute approximate surface area is 113 Å². The third kappa shape index (κ3) is 1.95. The number of hydrogen-bond acceptors (Lipinski definition) is 6. The highest BCUT2D eigenvalue weighted by Crippen LogP contribution is 2.35. The van der Waals surface area contributed by atoms with E-state index in [0.29, 0.717) is 15.4 Å².